The van der Waals surface area contributed by atoms with Crippen LogP contribution >= 0.6 is 11.8 Å². The van der Waals surface area contributed by atoms with Gasteiger partial charge in [-0.05, 0) is 56.0 Å². The Morgan fingerprint density at radius 3 is 2.42 bits per heavy atom. The molecule has 0 atom stereocenters. The van der Waals surface area contributed by atoms with E-state index in [-0.39, 0.29) is 28.5 Å². The Hall–Kier alpha value is -3.14. The third kappa shape index (κ3) is 6.44. The first-order chi connectivity index (χ1) is 15.6. The van der Waals surface area contributed by atoms with Crippen LogP contribution in [0.1, 0.15) is 41.0 Å². The maximum atomic E-state index is 13.4. The molecule has 0 aliphatic heterocycles. The number of nitrogens with one attached hydrogen (secondary N) is 1. The number of amides is 1. The number of carbonyl (C=O) groups excluding carboxylic acids is 1. The number of alkyl halides is 3. The van der Waals surface area contributed by atoms with Crippen LogP contribution in [0.3, 0.4) is 0 Å². The molecule has 10 heteroatoms. The normalized spacial score (nSPS) is 10.8. The van der Waals surface area contributed by atoms with Gasteiger partial charge in [-0.1, -0.05) is 19.9 Å². The van der Waals surface area contributed by atoms with Crippen molar-refractivity contribution in [1.29, 1.82) is 0 Å². The summed E-state index contributed by atoms with van der Waals surface area (Å²) < 4.78 is 59.1. The molecule has 0 unspecified atom stereocenters. The summed E-state index contributed by atoms with van der Waals surface area (Å²) in [5.74, 6) is -1.85. The molecule has 5 nitrogen and oxygen atoms in total. The smallest absolute Gasteiger partial charge is 0.418 e. The average molecular weight is 482 g/mol. The molecule has 1 amide bonds. The summed E-state index contributed by atoms with van der Waals surface area (Å²) in [6, 6.07) is 9.14. The van der Waals surface area contributed by atoms with E-state index < -0.39 is 23.6 Å². The van der Waals surface area contributed by atoms with Gasteiger partial charge in [0, 0.05) is 16.8 Å². The maximum Gasteiger partial charge on any atom is 0.418 e. The lowest BCUT2D eigenvalue weighted by Gasteiger charge is -2.17. The fraction of sp³-hybridized carbons (Fsp3) is 0.261. The largest absolute Gasteiger partial charge is 0.436 e. The minimum absolute atomic E-state index is 0.0616. The molecule has 0 spiro atoms. The van der Waals surface area contributed by atoms with Gasteiger partial charge >= 0.3 is 6.18 Å². The minimum atomic E-state index is -4.71. The second-order valence-corrected chi connectivity index (χ2v) is 7.36. The maximum absolute atomic E-state index is 13.4. The monoisotopic (exact) mass is 481 g/mol. The molecule has 3 aromatic rings. The molecular weight excluding hydrogens is 458 g/mol. The number of ether oxygens (including phenoxy) is 1. The highest BCUT2D eigenvalue weighted by molar-refractivity contribution is 7.98. The summed E-state index contributed by atoms with van der Waals surface area (Å²) in [6.45, 7) is 6.63. The Morgan fingerprint density at radius 2 is 1.82 bits per heavy atom. The fourth-order valence-corrected chi connectivity index (χ4v) is 3.29. The molecule has 0 bridgehead atoms. The number of carbonyl (C=O) groups is 1. The van der Waals surface area contributed by atoms with Crippen LogP contribution in [0, 0.1) is 19.8 Å². The van der Waals surface area contributed by atoms with Gasteiger partial charge in [-0.2, -0.15) is 17.6 Å². The Labute approximate surface area is 193 Å². The van der Waals surface area contributed by atoms with Gasteiger partial charge in [0.15, 0.2) is 5.75 Å². The van der Waals surface area contributed by atoms with Crippen LogP contribution in [0.4, 0.5) is 23.2 Å². The Bertz CT molecular complexity index is 1140. The van der Waals surface area contributed by atoms with Gasteiger partial charge < -0.3 is 10.1 Å². The Kier molecular flexibility index (Phi) is 8.81. The SMILES string of the molecule is CC.CSc1cccc(NC(=O)c2c(Oc3ccc(F)nc3C)ncc(C(F)(F)F)c2C)c1. The number of halogens is 4. The summed E-state index contributed by atoms with van der Waals surface area (Å²) >= 11 is 1.45. The Morgan fingerprint density at radius 1 is 1.12 bits per heavy atom. The lowest BCUT2D eigenvalue weighted by Crippen LogP contribution is -2.19. The Balaban J connectivity index is 0.00000187. The van der Waals surface area contributed by atoms with Gasteiger partial charge in [-0.15, -0.1) is 11.8 Å². The first kappa shape index (κ1) is 26.1. The number of hydrogen-bond acceptors (Lipinski definition) is 5. The number of thioether (sulfide) groups is 1. The topological polar surface area (TPSA) is 64.1 Å². The molecule has 33 heavy (non-hydrogen) atoms. The molecule has 3 rings (SSSR count). The summed E-state index contributed by atoms with van der Waals surface area (Å²) in [4.78, 5) is 21.2. The predicted molar refractivity (Wildman–Crippen MR) is 121 cm³/mol. The molecule has 0 aliphatic rings. The molecule has 0 aliphatic carbocycles. The number of anilines is 1. The van der Waals surface area contributed by atoms with E-state index in [1.54, 1.807) is 18.2 Å². The first-order valence-electron chi connectivity index (χ1n) is 9.93. The quantitative estimate of drug-likeness (QED) is 0.240. The molecule has 0 saturated heterocycles. The zero-order valence-corrected chi connectivity index (χ0v) is 19.5. The van der Waals surface area contributed by atoms with E-state index in [0.717, 1.165) is 11.0 Å². The molecule has 0 saturated carbocycles. The van der Waals surface area contributed by atoms with Gasteiger partial charge in [-0.3, -0.25) is 4.79 Å². The van der Waals surface area contributed by atoms with Crippen molar-refractivity contribution in [3.05, 3.63) is 70.9 Å². The van der Waals surface area contributed by atoms with Crippen LogP contribution in [0.15, 0.2) is 47.5 Å². The van der Waals surface area contributed by atoms with E-state index in [9.17, 15) is 22.4 Å². The van der Waals surface area contributed by atoms with Crippen molar-refractivity contribution < 1.29 is 27.1 Å². The third-order valence-electron chi connectivity index (χ3n) is 4.37. The van der Waals surface area contributed by atoms with Crippen molar-refractivity contribution in [3.63, 3.8) is 0 Å². The fourth-order valence-electron chi connectivity index (χ4n) is 2.83. The highest BCUT2D eigenvalue weighted by Crippen LogP contribution is 2.37. The van der Waals surface area contributed by atoms with Crippen LogP contribution < -0.4 is 10.1 Å². The van der Waals surface area contributed by atoms with E-state index in [4.69, 9.17) is 4.74 Å². The van der Waals surface area contributed by atoms with Crippen molar-refractivity contribution in [2.24, 2.45) is 0 Å². The van der Waals surface area contributed by atoms with E-state index in [2.05, 4.69) is 15.3 Å². The number of rotatable bonds is 5. The van der Waals surface area contributed by atoms with Crippen LogP contribution in [-0.2, 0) is 6.18 Å². The van der Waals surface area contributed by atoms with E-state index >= 15 is 0 Å². The zero-order chi connectivity index (χ0) is 24.8. The predicted octanol–water partition coefficient (Wildman–Crippen LogP) is 7.04. The zero-order valence-electron chi connectivity index (χ0n) is 18.7. The molecule has 0 fully saturated rings. The number of hydrogen-bond donors (Lipinski definition) is 1. The second kappa shape index (κ2) is 11.1. The van der Waals surface area contributed by atoms with Gasteiger partial charge in [0.2, 0.25) is 11.8 Å². The third-order valence-corrected chi connectivity index (χ3v) is 5.10. The number of nitrogens with zero attached hydrogens (tertiary/aromatic N) is 2. The number of benzene rings is 1. The van der Waals surface area contributed by atoms with Crippen LogP contribution in [0.5, 0.6) is 11.6 Å². The number of pyridine rings is 2. The van der Waals surface area contributed by atoms with E-state index in [1.165, 1.54) is 31.7 Å². The number of aromatic nitrogens is 2. The van der Waals surface area contributed by atoms with Gasteiger partial charge in [0.1, 0.15) is 5.56 Å². The van der Waals surface area contributed by atoms with E-state index in [1.807, 2.05) is 26.2 Å². The summed E-state index contributed by atoms with van der Waals surface area (Å²) in [5, 5.41) is 2.59. The summed E-state index contributed by atoms with van der Waals surface area (Å²) in [7, 11) is 0. The van der Waals surface area contributed by atoms with Crippen molar-refractivity contribution in [1.82, 2.24) is 9.97 Å². The van der Waals surface area contributed by atoms with Gasteiger partial charge in [0.25, 0.3) is 5.91 Å². The average Bonchev–Trinajstić information content (AvgIpc) is 2.76. The lowest BCUT2D eigenvalue weighted by atomic mass is 10.0. The van der Waals surface area contributed by atoms with Crippen molar-refractivity contribution >= 4 is 23.4 Å². The molecule has 0 radical (unpaired) electrons. The van der Waals surface area contributed by atoms with Crippen molar-refractivity contribution in [2.45, 2.75) is 38.8 Å². The minimum Gasteiger partial charge on any atom is -0.436 e. The van der Waals surface area contributed by atoms with Crippen molar-refractivity contribution in [2.75, 3.05) is 11.6 Å². The van der Waals surface area contributed by atoms with E-state index in [0.29, 0.717) is 11.9 Å². The standard InChI is InChI=1S/C21H17F4N3O2S.C2H6/c1-11-15(21(23,24)25)10-26-20(30-16-7-8-17(22)27-12(16)2)18(11)19(29)28-13-5-4-6-14(9-13)31-3;1-2/h4-10H,1-3H3,(H,28,29);1-2H3. The summed E-state index contributed by atoms with van der Waals surface area (Å²) in [6.07, 6.45) is -2.26. The number of aryl methyl sites for hydroxylation is 1. The molecular formula is C23H23F4N3O2S. The molecule has 2 heterocycles. The van der Waals surface area contributed by atoms with Crippen LogP contribution in [0.2, 0.25) is 0 Å². The first-order valence-corrected chi connectivity index (χ1v) is 11.2. The van der Waals surface area contributed by atoms with Gasteiger partial charge in [0.05, 0.1) is 11.3 Å². The molecule has 176 valence electrons. The van der Waals surface area contributed by atoms with Crippen LogP contribution in [0.25, 0.3) is 0 Å². The second-order valence-electron chi connectivity index (χ2n) is 6.48. The molecule has 2 aromatic heterocycles. The van der Waals surface area contributed by atoms with Crippen LogP contribution in [-0.4, -0.2) is 22.1 Å². The summed E-state index contributed by atoms with van der Waals surface area (Å²) in [5.41, 5.74) is -1.23. The lowest BCUT2D eigenvalue weighted by molar-refractivity contribution is -0.138. The molecule has 1 N–H and O–H groups in total. The van der Waals surface area contributed by atoms with Crippen molar-refractivity contribution in [3.8, 4) is 11.6 Å². The van der Waals surface area contributed by atoms with Gasteiger partial charge in [-0.25, -0.2) is 9.97 Å². The highest BCUT2D eigenvalue weighted by atomic mass is 32.2. The molecule has 1 aromatic carbocycles. The highest BCUT2D eigenvalue weighted by Gasteiger charge is 2.36.